The van der Waals surface area contributed by atoms with Gasteiger partial charge in [0, 0.05) is 19.6 Å². The Hall–Kier alpha value is -1.00. The molecule has 1 aliphatic heterocycles. The number of thioether (sulfide) groups is 1. The van der Waals surface area contributed by atoms with E-state index in [-0.39, 0.29) is 5.91 Å². The summed E-state index contributed by atoms with van der Waals surface area (Å²) in [6.45, 7) is 4.21. The van der Waals surface area contributed by atoms with Gasteiger partial charge in [0.2, 0.25) is 5.91 Å². The third-order valence-electron chi connectivity index (χ3n) is 3.77. The molecule has 1 N–H and O–H groups in total. The minimum Gasteiger partial charge on any atom is -0.355 e. The van der Waals surface area contributed by atoms with Gasteiger partial charge in [-0.25, -0.2) is 0 Å². The van der Waals surface area contributed by atoms with Crippen molar-refractivity contribution in [2.45, 2.75) is 19.4 Å². The van der Waals surface area contributed by atoms with Gasteiger partial charge in [0.1, 0.15) is 0 Å². The van der Waals surface area contributed by atoms with Crippen molar-refractivity contribution >= 4 is 17.7 Å². The summed E-state index contributed by atoms with van der Waals surface area (Å²) in [5.74, 6) is 1.47. The Morgan fingerprint density at radius 1 is 1.40 bits per heavy atom. The lowest BCUT2D eigenvalue weighted by Gasteiger charge is -2.16. The van der Waals surface area contributed by atoms with Crippen LogP contribution in [0.5, 0.6) is 0 Å². The molecule has 1 aromatic carbocycles. The van der Waals surface area contributed by atoms with E-state index in [1.54, 1.807) is 11.8 Å². The molecule has 20 heavy (non-hydrogen) atoms. The molecule has 1 atom stereocenters. The summed E-state index contributed by atoms with van der Waals surface area (Å²) >= 11 is 1.57. The highest BCUT2D eigenvalue weighted by Gasteiger charge is 2.22. The van der Waals surface area contributed by atoms with E-state index in [1.807, 2.05) is 6.26 Å². The number of amides is 1. The molecule has 0 bridgehead atoms. The number of nitrogens with one attached hydrogen (secondary N) is 1. The van der Waals surface area contributed by atoms with Crippen LogP contribution in [0.2, 0.25) is 0 Å². The van der Waals surface area contributed by atoms with Gasteiger partial charge in [0.25, 0.3) is 0 Å². The Labute approximate surface area is 126 Å². The zero-order valence-corrected chi connectivity index (χ0v) is 13.0. The Balaban J connectivity index is 1.64. The molecule has 0 aliphatic carbocycles. The van der Waals surface area contributed by atoms with Crippen LogP contribution in [0.3, 0.4) is 0 Å². The largest absolute Gasteiger partial charge is 0.355 e. The average Bonchev–Trinajstić information content (AvgIpc) is 2.88. The van der Waals surface area contributed by atoms with Crippen molar-refractivity contribution in [3.05, 3.63) is 35.9 Å². The Morgan fingerprint density at radius 2 is 2.20 bits per heavy atom. The second-order valence-corrected chi connectivity index (χ2v) is 6.31. The highest BCUT2D eigenvalue weighted by atomic mass is 32.2. The van der Waals surface area contributed by atoms with E-state index in [0.717, 1.165) is 32.0 Å². The average molecular weight is 292 g/mol. The SMILES string of the molecule is CSCC(=O)NCC[C@H]1CCN(Cc2ccccc2)C1. The van der Waals surface area contributed by atoms with Crippen molar-refractivity contribution in [3.63, 3.8) is 0 Å². The van der Waals surface area contributed by atoms with Crippen molar-refractivity contribution in [1.29, 1.82) is 0 Å². The highest BCUT2D eigenvalue weighted by Crippen LogP contribution is 2.20. The molecule has 110 valence electrons. The first-order valence-corrected chi connectivity index (χ1v) is 8.69. The number of benzene rings is 1. The van der Waals surface area contributed by atoms with E-state index >= 15 is 0 Å². The normalized spacial score (nSPS) is 19.1. The van der Waals surface area contributed by atoms with Crippen molar-refractivity contribution in [2.75, 3.05) is 31.6 Å². The second kappa shape index (κ2) is 8.32. The molecule has 0 radical (unpaired) electrons. The van der Waals surface area contributed by atoms with Gasteiger partial charge in [-0.3, -0.25) is 9.69 Å². The molecule has 1 amide bonds. The molecule has 1 aliphatic rings. The predicted molar refractivity (Wildman–Crippen MR) is 85.8 cm³/mol. The topological polar surface area (TPSA) is 32.3 Å². The molecule has 0 aromatic heterocycles. The van der Waals surface area contributed by atoms with E-state index in [0.29, 0.717) is 5.75 Å². The third-order valence-corrected chi connectivity index (χ3v) is 4.32. The Bertz CT molecular complexity index is 410. The maximum atomic E-state index is 11.4. The Kier molecular flexibility index (Phi) is 6.40. The molecule has 0 spiro atoms. The van der Waals surface area contributed by atoms with Crippen molar-refractivity contribution in [3.8, 4) is 0 Å². The first kappa shape index (κ1) is 15.4. The fraction of sp³-hybridized carbons (Fsp3) is 0.562. The van der Waals surface area contributed by atoms with Gasteiger partial charge >= 0.3 is 0 Å². The first-order valence-electron chi connectivity index (χ1n) is 7.30. The molecule has 2 rings (SSSR count). The molecule has 3 nitrogen and oxygen atoms in total. The van der Waals surface area contributed by atoms with Crippen molar-refractivity contribution < 1.29 is 4.79 Å². The standard InChI is InChI=1S/C16H24N2OS/c1-20-13-16(19)17-9-7-15-8-10-18(12-15)11-14-5-3-2-4-6-14/h2-6,15H,7-13H2,1H3,(H,17,19)/t15-/m0/s1. The van der Waals surface area contributed by atoms with E-state index in [9.17, 15) is 4.79 Å². The fourth-order valence-corrected chi connectivity index (χ4v) is 3.10. The lowest BCUT2D eigenvalue weighted by atomic mass is 10.1. The van der Waals surface area contributed by atoms with Gasteiger partial charge in [-0.1, -0.05) is 30.3 Å². The second-order valence-electron chi connectivity index (χ2n) is 5.45. The quantitative estimate of drug-likeness (QED) is 0.837. The first-order chi connectivity index (χ1) is 9.78. The van der Waals surface area contributed by atoms with Crippen LogP contribution in [0.4, 0.5) is 0 Å². The van der Waals surface area contributed by atoms with Gasteiger partial charge in [0.05, 0.1) is 5.75 Å². The number of hydrogen-bond donors (Lipinski definition) is 1. The molecular weight excluding hydrogens is 268 g/mol. The summed E-state index contributed by atoms with van der Waals surface area (Å²) in [6, 6.07) is 10.6. The molecule has 4 heteroatoms. The summed E-state index contributed by atoms with van der Waals surface area (Å²) in [5, 5.41) is 3.00. The van der Waals surface area contributed by atoms with Crippen molar-refractivity contribution in [2.24, 2.45) is 5.92 Å². The number of carbonyl (C=O) groups excluding carboxylic acids is 1. The lowest BCUT2D eigenvalue weighted by Crippen LogP contribution is -2.28. The molecular formula is C16H24N2OS. The van der Waals surface area contributed by atoms with Gasteiger partial charge < -0.3 is 5.32 Å². The molecule has 1 fully saturated rings. The monoisotopic (exact) mass is 292 g/mol. The number of likely N-dealkylation sites (tertiary alicyclic amines) is 1. The summed E-state index contributed by atoms with van der Waals surface area (Å²) in [7, 11) is 0. The highest BCUT2D eigenvalue weighted by molar-refractivity contribution is 7.99. The van der Waals surface area contributed by atoms with Gasteiger partial charge in [0.15, 0.2) is 0 Å². The van der Waals surface area contributed by atoms with E-state index < -0.39 is 0 Å². The molecule has 1 heterocycles. The lowest BCUT2D eigenvalue weighted by molar-refractivity contribution is -0.118. The minimum atomic E-state index is 0.164. The Morgan fingerprint density at radius 3 is 2.95 bits per heavy atom. The van der Waals surface area contributed by atoms with E-state index in [1.165, 1.54) is 18.5 Å². The van der Waals surface area contributed by atoms with Gasteiger partial charge in [-0.15, -0.1) is 0 Å². The summed E-state index contributed by atoms with van der Waals surface area (Å²) in [4.78, 5) is 13.9. The maximum absolute atomic E-state index is 11.4. The summed E-state index contributed by atoms with van der Waals surface area (Å²) in [5.41, 5.74) is 1.39. The number of carbonyl (C=O) groups is 1. The zero-order valence-electron chi connectivity index (χ0n) is 12.2. The van der Waals surface area contributed by atoms with Crippen LogP contribution in [0, 0.1) is 5.92 Å². The van der Waals surface area contributed by atoms with E-state index in [4.69, 9.17) is 0 Å². The van der Waals surface area contributed by atoms with Gasteiger partial charge in [-0.05, 0) is 37.1 Å². The van der Waals surface area contributed by atoms with E-state index in [2.05, 4.69) is 40.5 Å². The van der Waals surface area contributed by atoms with Crippen LogP contribution < -0.4 is 5.32 Å². The zero-order chi connectivity index (χ0) is 14.2. The fourth-order valence-electron chi connectivity index (χ4n) is 2.73. The minimum absolute atomic E-state index is 0.164. The summed E-state index contributed by atoms with van der Waals surface area (Å²) in [6.07, 6.45) is 4.31. The smallest absolute Gasteiger partial charge is 0.229 e. The van der Waals surface area contributed by atoms with Gasteiger partial charge in [-0.2, -0.15) is 11.8 Å². The number of nitrogens with zero attached hydrogens (tertiary/aromatic N) is 1. The summed E-state index contributed by atoms with van der Waals surface area (Å²) < 4.78 is 0. The van der Waals surface area contributed by atoms with Crippen LogP contribution in [0.25, 0.3) is 0 Å². The van der Waals surface area contributed by atoms with Crippen LogP contribution in [-0.2, 0) is 11.3 Å². The predicted octanol–water partition coefficient (Wildman–Crippen LogP) is 2.38. The molecule has 1 saturated heterocycles. The maximum Gasteiger partial charge on any atom is 0.229 e. The van der Waals surface area contributed by atoms with Crippen LogP contribution >= 0.6 is 11.8 Å². The molecule has 1 aromatic rings. The van der Waals surface area contributed by atoms with Crippen LogP contribution in [0.1, 0.15) is 18.4 Å². The van der Waals surface area contributed by atoms with Crippen LogP contribution in [-0.4, -0.2) is 42.4 Å². The third kappa shape index (κ3) is 5.17. The van der Waals surface area contributed by atoms with Crippen molar-refractivity contribution in [1.82, 2.24) is 10.2 Å². The molecule has 0 saturated carbocycles. The van der Waals surface area contributed by atoms with Crippen LogP contribution in [0.15, 0.2) is 30.3 Å². The number of rotatable bonds is 7. The number of hydrogen-bond acceptors (Lipinski definition) is 3. The molecule has 0 unspecified atom stereocenters.